The lowest BCUT2D eigenvalue weighted by atomic mass is 10.2. The molecule has 0 bridgehead atoms. The molecule has 2 aromatic rings. The van der Waals surface area contributed by atoms with Crippen LogP contribution in [0.15, 0.2) is 35.1 Å². The first-order valence-corrected chi connectivity index (χ1v) is 5.93. The zero-order valence-electron chi connectivity index (χ0n) is 10.4. The van der Waals surface area contributed by atoms with Crippen LogP contribution in [-0.2, 0) is 13.0 Å². The fourth-order valence-electron chi connectivity index (χ4n) is 1.60. The van der Waals surface area contributed by atoms with Gasteiger partial charge in [0.1, 0.15) is 11.8 Å². The van der Waals surface area contributed by atoms with Crippen molar-refractivity contribution in [3.05, 3.63) is 42.0 Å². The Hall–Kier alpha value is -2.39. The second kappa shape index (κ2) is 7.13. The highest BCUT2D eigenvalue weighted by atomic mass is 16.5. The molecule has 0 saturated heterocycles. The van der Waals surface area contributed by atoms with E-state index >= 15 is 0 Å². The van der Waals surface area contributed by atoms with E-state index in [2.05, 4.69) is 15.5 Å². The molecule has 6 heteroatoms. The van der Waals surface area contributed by atoms with E-state index in [0.717, 1.165) is 18.7 Å². The molecule has 0 unspecified atom stereocenters. The molecule has 2 rings (SSSR count). The smallest absolute Gasteiger partial charge is 0.227 e. The third-order valence-electron chi connectivity index (χ3n) is 2.45. The van der Waals surface area contributed by atoms with E-state index in [0.29, 0.717) is 18.1 Å². The largest absolute Gasteiger partial charge is 0.479 e. The maximum atomic E-state index is 8.45. The molecular weight excluding hydrogens is 244 g/mol. The standard InChI is InChI=1S/C13H14N4O2/c14-5-7-18-12-3-1-2-11(8-12)9-15-6-4-13-16-10-17-19-13/h1-3,8,10,15H,4,6-7,9H2. The quantitative estimate of drug-likeness (QED) is 0.754. The molecule has 0 amide bonds. The number of nitriles is 1. The first-order valence-electron chi connectivity index (χ1n) is 5.93. The van der Waals surface area contributed by atoms with Gasteiger partial charge in [0.15, 0.2) is 12.9 Å². The Labute approximate surface area is 111 Å². The molecule has 0 atom stereocenters. The van der Waals surface area contributed by atoms with Crippen molar-refractivity contribution in [1.82, 2.24) is 15.5 Å². The maximum Gasteiger partial charge on any atom is 0.227 e. The van der Waals surface area contributed by atoms with Crippen LogP contribution in [0.3, 0.4) is 0 Å². The zero-order chi connectivity index (χ0) is 13.3. The molecule has 6 nitrogen and oxygen atoms in total. The molecule has 1 N–H and O–H groups in total. The maximum absolute atomic E-state index is 8.45. The molecule has 0 saturated carbocycles. The summed E-state index contributed by atoms with van der Waals surface area (Å²) >= 11 is 0. The summed E-state index contributed by atoms with van der Waals surface area (Å²) in [5, 5.41) is 15.3. The summed E-state index contributed by atoms with van der Waals surface area (Å²) in [4.78, 5) is 3.94. The molecule has 1 heterocycles. The number of nitrogens with zero attached hydrogens (tertiary/aromatic N) is 3. The van der Waals surface area contributed by atoms with Crippen LogP contribution in [-0.4, -0.2) is 23.3 Å². The number of aromatic nitrogens is 2. The lowest BCUT2D eigenvalue weighted by Crippen LogP contribution is -2.16. The van der Waals surface area contributed by atoms with Crippen LogP contribution >= 0.6 is 0 Å². The van der Waals surface area contributed by atoms with Gasteiger partial charge < -0.3 is 14.6 Å². The average Bonchev–Trinajstić information content (AvgIpc) is 2.95. The highest BCUT2D eigenvalue weighted by Gasteiger charge is 1.99. The van der Waals surface area contributed by atoms with Gasteiger partial charge in [-0.15, -0.1) is 0 Å². The summed E-state index contributed by atoms with van der Waals surface area (Å²) in [5.41, 5.74) is 1.10. The SMILES string of the molecule is N#CCOc1cccc(CNCCc2ncno2)c1. The number of nitrogens with one attached hydrogen (secondary N) is 1. The predicted octanol–water partition coefficient (Wildman–Crippen LogP) is 1.30. The third kappa shape index (κ3) is 4.41. The topological polar surface area (TPSA) is 84.0 Å². The number of hydrogen-bond donors (Lipinski definition) is 1. The third-order valence-corrected chi connectivity index (χ3v) is 2.45. The molecule has 0 aliphatic carbocycles. The van der Waals surface area contributed by atoms with E-state index in [1.165, 1.54) is 6.33 Å². The summed E-state index contributed by atoms with van der Waals surface area (Å²) in [5.74, 6) is 1.33. The van der Waals surface area contributed by atoms with E-state index in [-0.39, 0.29) is 6.61 Å². The van der Waals surface area contributed by atoms with E-state index in [4.69, 9.17) is 14.5 Å². The van der Waals surface area contributed by atoms with Gasteiger partial charge in [-0.2, -0.15) is 10.2 Å². The fraction of sp³-hybridized carbons (Fsp3) is 0.308. The van der Waals surface area contributed by atoms with Crippen molar-refractivity contribution in [2.24, 2.45) is 0 Å². The Morgan fingerprint density at radius 3 is 3.16 bits per heavy atom. The lowest BCUT2D eigenvalue weighted by molar-refractivity contribution is 0.367. The number of benzene rings is 1. The zero-order valence-corrected chi connectivity index (χ0v) is 10.4. The molecule has 0 aliphatic rings. The second-order valence-electron chi connectivity index (χ2n) is 3.86. The lowest BCUT2D eigenvalue weighted by Gasteiger charge is -2.06. The normalized spacial score (nSPS) is 10.1. The van der Waals surface area contributed by atoms with E-state index in [1.807, 2.05) is 30.3 Å². The van der Waals surface area contributed by atoms with E-state index in [9.17, 15) is 0 Å². The van der Waals surface area contributed by atoms with Crippen molar-refractivity contribution in [3.63, 3.8) is 0 Å². The Morgan fingerprint density at radius 2 is 2.37 bits per heavy atom. The van der Waals surface area contributed by atoms with Crippen molar-refractivity contribution < 1.29 is 9.26 Å². The molecule has 0 fully saturated rings. The molecule has 0 aliphatic heterocycles. The monoisotopic (exact) mass is 258 g/mol. The molecule has 0 spiro atoms. The van der Waals surface area contributed by atoms with Gasteiger partial charge in [-0.1, -0.05) is 17.3 Å². The molecule has 1 aromatic carbocycles. The number of rotatable bonds is 7. The van der Waals surface area contributed by atoms with E-state index in [1.54, 1.807) is 0 Å². The van der Waals surface area contributed by atoms with Crippen LogP contribution in [0.25, 0.3) is 0 Å². The number of hydrogen-bond acceptors (Lipinski definition) is 6. The minimum Gasteiger partial charge on any atom is -0.479 e. The van der Waals surface area contributed by atoms with Gasteiger partial charge in [-0.25, -0.2) is 0 Å². The van der Waals surface area contributed by atoms with Crippen LogP contribution in [0.4, 0.5) is 0 Å². The van der Waals surface area contributed by atoms with Crippen LogP contribution in [0.2, 0.25) is 0 Å². The summed E-state index contributed by atoms with van der Waals surface area (Å²) < 4.78 is 10.1. The van der Waals surface area contributed by atoms with Gasteiger partial charge >= 0.3 is 0 Å². The Bertz CT molecular complexity index is 534. The van der Waals surface area contributed by atoms with Crippen molar-refractivity contribution in [2.75, 3.05) is 13.2 Å². The number of ether oxygens (including phenoxy) is 1. The van der Waals surface area contributed by atoms with Gasteiger partial charge in [0.2, 0.25) is 5.89 Å². The minimum absolute atomic E-state index is 0.0635. The van der Waals surface area contributed by atoms with Gasteiger partial charge in [-0.3, -0.25) is 0 Å². The van der Waals surface area contributed by atoms with E-state index < -0.39 is 0 Å². The summed E-state index contributed by atoms with van der Waals surface area (Å²) in [7, 11) is 0. The van der Waals surface area contributed by atoms with Gasteiger partial charge in [0.25, 0.3) is 0 Å². The van der Waals surface area contributed by atoms with Gasteiger partial charge in [-0.05, 0) is 17.7 Å². The second-order valence-corrected chi connectivity index (χ2v) is 3.86. The van der Waals surface area contributed by atoms with Crippen molar-refractivity contribution in [1.29, 1.82) is 5.26 Å². The van der Waals surface area contributed by atoms with Crippen molar-refractivity contribution >= 4 is 0 Å². The van der Waals surface area contributed by atoms with Crippen molar-refractivity contribution in [2.45, 2.75) is 13.0 Å². The van der Waals surface area contributed by atoms with Crippen LogP contribution < -0.4 is 10.1 Å². The molecule has 19 heavy (non-hydrogen) atoms. The Balaban J connectivity index is 1.74. The summed E-state index contributed by atoms with van der Waals surface area (Å²) in [6.07, 6.45) is 2.09. The van der Waals surface area contributed by atoms with Crippen LogP contribution in [0.5, 0.6) is 5.75 Å². The molecule has 0 radical (unpaired) electrons. The average molecular weight is 258 g/mol. The highest BCUT2D eigenvalue weighted by molar-refractivity contribution is 5.28. The predicted molar refractivity (Wildman–Crippen MR) is 67.3 cm³/mol. The highest BCUT2D eigenvalue weighted by Crippen LogP contribution is 2.12. The van der Waals surface area contributed by atoms with Crippen molar-refractivity contribution in [3.8, 4) is 11.8 Å². The minimum atomic E-state index is 0.0635. The van der Waals surface area contributed by atoms with Gasteiger partial charge in [0.05, 0.1) is 0 Å². The first-order chi connectivity index (χ1) is 9.38. The van der Waals surface area contributed by atoms with Gasteiger partial charge in [0, 0.05) is 19.5 Å². The Kier molecular flexibility index (Phi) is 4.90. The molecule has 98 valence electrons. The Morgan fingerprint density at radius 1 is 1.42 bits per heavy atom. The summed E-state index contributed by atoms with van der Waals surface area (Å²) in [6.45, 7) is 1.54. The molecule has 1 aromatic heterocycles. The first kappa shape index (κ1) is 13.1. The van der Waals surface area contributed by atoms with Crippen LogP contribution in [0, 0.1) is 11.3 Å². The summed E-state index contributed by atoms with van der Waals surface area (Å²) in [6, 6.07) is 9.59. The molecular formula is C13H14N4O2. The van der Waals surface area contributed by atoms with Crippen LogP contribution in [0.1, 0.15) is 11.5 Å². The fourth-order valence-corrected chi connectivity index (χ4v) is 1.60.